The average molecular weight is 323 g/mol. The molecule has 0 amide bonds. The van der Waals surface area contributed by atoms with Crippen molar-refractivity contribution in [1.29, 1.82) is 0 Å². The van der Waals surface area contributed by atoms with E-state index in [-0.39, 0.29) is 0 Å². The van der Waals surface area contributed by atoms with Crippen LogP contribution in [0.3, 0.4) is 0 Å². The van der Waals surface area contributed by atoms with Gasteiger partial charge in [-0.1, -0.05) is 65.2 Å². The van der Waals surface area contributed by atoms with E-state index in [4.69, 9.17) is 4.74 Å². The molecule has 0 aromatic carbocycles. The van der Waals surface area contributed by atoms with Crippen LogP contribution in [-0.2, 0) is 4.74 Å². The van der Waals surface area contributed by atoms with Gasteiger partial charge in [0, 0.05) is 6.61 Å². The lowest BCUT2D eigenvalue weighted by molar-refractivity contribution is 0.00529. The number of ether oxygens (including phenoxy) is 1. The molecule has 2 fully saturated rings. The predicted octanol–water partition coefficient (Wildman–Crippen LogP) is 7.14. The summed E-state index contributed by atoms with van der Waals surface area (Å²) in [5.74, 6) is 3.14. The van der Waals surface area contributed by atoms with Crippen LogP contribution in [-0.4, -0.2) is 12.7 Å². The maximum atomic E-state index is 6.15. The summed E-state index contributed by atoms with van der Waals surface area (Å²) in [4.78, 5) is 0. The van der Waals surface area contributed by atoms with E-state index in [2.05, 4.69) is 13.8 Å². The van der Waals surface area contributed by atoms with Gasteiger partial charge in [0.2, 0.25) is 0 Å². The molecule has 0 N–H and O–H groups in total. The lowest BCUT2D eigenvalue weighted by Gasteiger charge is -2.37. The Labute approximate surface area is 146 Å². The summed E-state index contributed by atoms with van der Waals surface area (Å²) in [6, 6.07) is 0. The van der Waals surface area contributed by atoms with Crippen molar-refractivity contribution in [3.8, 4) is 0 Å². The van der Waals surface area contributed by atoms with Crippen LogP contribution in [0.15, 0.2) is 0 Å². The lowest BCUT2D eigenvalue weighted by Crippen LogP contribution is -2.28. The third-order valence-corrected chi connectivity index (χ3v) is 6.58. The van der Waals surface area contributed by atoms with Gasteiger partial charge in [-0.05, 0) is 62.7 Å². The Bertz CT molecular complexity index is 272. The Morgan fingerprint density at radius 1 is 0.652 bits per heavy atom. The summed E-state index contributed by atoms with van der Waals surface area (Å²) in [6.45, 7) is 5.64. The van der Waals surface area contributed by atoms with Crippen LogP contribution < -0.4 is 0 Å². The highest BCUT2D eigenvalue weighted by Crippen LogP contribution is 2.41. The Hall–Kier alpha value is -0.0400. The van der Waals surface area contributed by atoms with Gasteiger partial charge in [-0.2, -0.15) is 0 Å². The topological polar surface area (TPSA) is 9.23 Å². The molecule has 2 aliphatic rings. The number of rotatable bonds is 10. The van der Waals surface area contributed by atoms with Crippen molar-refractivity contribution in [2.75, 3.05) is 6.61 Å². The zero-order valence-electron chi connectivity index (χ0n) is 16.0. The minimum absolute atomic E-state index is 0.592. The molecule has 0 saturated heterocycles. The second-order valence-corrected chi connectivity index (χ2v) is 8.39. The first-order valence-electron chi connectivity index (χ1n) is 10.9. The van der Waals surface area contributed by atoms with Crippen molar-refractivity contribution in [1.82, 2.24) is 0 Å². The van der Waals surface area contributed by atoms with Gasteiger partial charge in [-0.3, -0.25) is 0 Å². The molecular formula is C22H42O. The zero-order chi connectivity index (χ0) is 16.3. The van der Waals surface area contributed by atoms with Crippen molar-refractivity contribution in [3.05, 3.63) is 0 Å². The average Bonchev–Trinajstić information content (AvgIpc) is 2.60. The molecule has 136 valence electrons. The Balaban J connectivity index is 1.52. The number of hydrogen-bond acceptors (Lipinski definition) is 1. The van der Waals surface area contributed by atoms with Crippen LogP contribution in [0.4, 0.5) is 0 Å². The van der Waals surface area contributed by atoms with E-state index < -0.39 is 0 Å². The fraction of sp³-hybridized carbons (Fsp3) is 1.00. The number of hydrogen-bond donors (Lipinski definition) is 0. The van der Waals surface area contributed by atoms with E-state index in [1.165, 1.54) is 96.3 Å². The molecule has 1 heteroatoms. The van der Waals surface area contributed by atoms with Crippen LogP contribution in [0, 0.1) is 17.8 Å². The van der Waals surface area contributed by atoms with Gasteiger partial charge in [-0.15, -0.1) is 0 Å². The van der Waals surface area contributed by atoms with E-state index in [0.717, 1.165) is 24.4 Å². The van der Waals surface area contributed by atoms with Crippen molar-refractivity contribution in [3.63, 3.8) is 0 Å². The van der Waals surface area contributed by atoms with E-state index in [0.29, 0.717) is 6.10 Å². The van der Waals surface area contributed by atoms with E-state index in [1.54, 1.807) is 0 Å². The van der Waals surface area contributed by atoms with Gasteiger partial charge >= 0.3 is 0 Å². The van der Waals surface area contributed by atoms with Crippen LogP contribution in [0.1, 0.15) is 110 Å². The molecule has 0 atom stereocenters. The monoisotopic (exact) mass is 322 g/mol. The molecule has 0 aromatic heterocycles. The van der Waals surface area contributed by atoms with Gasteiger partial charge in [-0.25, -0.2) is 0 Å². The Morgan fingerprint density at radius 3 is 1.87 bits per heavy atom. The molecule has 2 saturated carbocycles. The van der Waals surface area contributed by atoms with Gasteiger partial charge in [0.15, 0.2) is 0 Å². The second-order valence-electron chi connectivity index (χ2n) is 8.39. The Morgan fingerprint density at radius 2 is 1.26 bits per heavy atom. The number of unbranched alkanes of at least 4 members (excludes halogenated alkanes) is 4. The first kappa shape index (κ1) is 19.3. The predicted molar refractivity (Wildman–Crippen MR) is 101 cm³/mol. The molecule has 2 aliphatic carbocycles. The lowest BCUT2D eigenvalue weighted by atomic mass is 9.70. The smallest absolute Gasteiger partial charge is 0.0575 e. The second kappa shape index (κ2) is 11.5. The van der Waals surface area contributed by atoms with Crippen LogP contribution >= 0.6 is 0 Å². The molecule has 0 unspecified atom stereocenters. The summed E-state index contributed by atoms with van der Waals surface area (Å²) in [7, 11) is 0. The van der Waals surface area contributed by atoms with Crippen molar-refractivity contribution < 1.29 is 4.74 Å². The Kier molecular flexibility index (Phi) is 9.65. The quantitative estimate of drug-likeness (QED) is 0.388. The van der Waals surface area contributed by atoms with Crippen molar-refractivity contribution >= 4 is 0 Å². The normalized spacial score (nSPS) is 32.1. The molecule has 1 nitrogen and oxygen atoms in total. The molecule has 0 heterocycles. The van der Waals surface area contributed by atoms with Crippen molar-refractivity contribution in [2.45, 2.75) is 116 Å². The SMILES string of the molecule is CCCCCCCO[C@H]1CC[C@H]([C@H]2CC[C@H](CCC)CC2)CC1. The first-order chi connectivity index (χ1) is 11.3. The molecule has 2 rings (SSSR count). The first-order valence-corrected chi connectivity index (χ1v) is 10.9. The fourth-order valence-corrected chi connectivity index (χ4v) is 5.04. The van der Waals surface area contributed by atoms with Gasteiger partial charge in [0.25, 0.3) is 0 Å². The largest absolute Gasteiger partial charge is 0.378 e. The molecular weight excluding hydrogens is 280 g/mol. The third kappa shape index (κ3) is 7.16. The fourth-order valence-electron chi connectivity index (χ4n) is 5.04. The van der Waals surface area contributed by atoms with Gasteiger partial charge in [0.05, 0.1) is 6.10 Å². The molecule has 0 bridgehead atoms. The highest BCUT2D eigenvalue weighted by Gasteiger charge is 2.30. The summed E-state index contributed by atoms with van der Waals surface area (Å²) >= 11 is 0. The molecule has 23 heavy (non-hydrogen) atoms. The van der Waals surface area contributed by atoms with E-state index >= 15 is 0 Å². The molecule has 0 aliphatic heterocycles. The summed E-state index contributed by atoms with van der Waals surface area (Å²) in [5.41, 5.74) is 0. The maximum Gasteiger partial charge on any atom is 0.0575 e. The minimum Gasteiger partial charge on any atom is -0.378 e. The maximum absolute atomic E-state index is 6.15. The third-order valence-electron chi connectivity index (χ3n) is 6.58. The highest BCUT2D eigenvalue weighted by atomic mass is 16.5. The van der Waals surface area contributed by atoms with E-state index in [9.17, 15) is 0 Å². The summed E-state index contributed by atoms with van der Waals surface area (Å²) < 4.78 is 6.15. The molecule has 0 aromatic rings. The van der Waals surface area contributed by atoms with Crippen LogP contribution in [0.25, 0.3) is 0 Å². The van der Waals surface area contributed by atoms with Crippen molar-refractivity contribution in [2.24, 2.45) is 17.8 Å². The molecule has 0 radical (unpaired) electrons. The van der Waals surface area contributed by atoms with Crippen LogP contribution in [0.5, 0.6) is 0 Å². The van der Waals surface area contributed by atoms with Gasteiger partial charge in [0.1, 0.15) is 0 Å². The van der Waals surface area contributed by atoms with Gasteiger partial charge < -0.3 is 4.74 Å². The van der Waals surface area contributed by atoms with Crippen LogP contribution in [0.2, 0.25) is 0 Å². The highest BCUT2D eigenvalue weighted by molar-refractivity contribution is 4.82. The molecule has 0 spiro atoms. The standard InChI is InChI=1S/C22H42O/c1-3-5-6-7-8-18-23-22-16-14-21(15-17-22)20-12-10-19(9-4-2)11-13-20/h19-22H,3-18H2,1-2H3/t19-,20-,21-,22-. The minimum atomic E-state index is 0.592. The zero-order valence-corrected chi connectivity index (χ0v) is 16.0. The van der Waals surface area contributed by atoms with E-state index in [1.807, 2.05) is 0 Å². The summed E-state index contributed by atoms with van der Waals surface area (Å²) in [6.07, 6.45) is 21.9. The summed E-state index contributed by atoms with van der Waals surface area (Å²) in [5, 5.41) is 0.